The second-order valence-electron chi connectivity index (χ2n) is 17.1. The molecule has 2 aliphatic heterocycles. The Labute approximate surface area is 275 Å². The minimum absolute atomic E-state index is 0.00474. The number of hydrogen-bond donors (Lipinski definition) is 0. The van der Waals surface area contributed by atoms with Crippen LogP contribution < -0.4 is 15.5 Å². The van der Waals surface area contributed by atoms with Crippen molar-refractivity contribution in [2.24, 2.45) is 0 Å². The Morgan fingerprint density at radius 3 is 1.72 bits per heavy atom. The molecule has 4 aromatic carbocycles. The van der Waals surface area contributed by atoms with Crippen LogP contribution in [0.2, 0.25) is 0 Å². The Kier molecular flexibility index (Phi) is 5.92. The van der Waals surface area contributed by atoms with Gasteiger partial charge in [-0.15, -0.1) is 0 Å². The largest absolute Gasteiger partial charge is 0.310 e. The molecule has 3 aliphatic rings. The highest BCUT2D eigenvalue weighted by molar-refractivity contribution is 5.97. The first-order valence-corrected chi connectivity index (χ1v) is 17.2. The van der Waals surface area contributed by atoms with Gasteiger partial charge in [0.25, 0.3) is 0 Å². The molecule has 0 saturated carbocycles. The summed E-state index contributed by atoms with van der Waals surface area (Å²) < 4.78 is 2.66. The summed E-state index contributed by atoms with van der Waals surface area (Å²) in [6.07, 6.45) is 4.74. The van der Waals surface area contributed by atoms with Crippen molar-refractivity contribution < 1.29 is 0 Å². The molecule has 0 bridgehead atoms. The van der Waals surface area contributed by atoms with E-state index in [0.29, 0.717) is 0 Å². The van der Waals surface area contributed by atoms with Crippen molar-refractivity contribution in [2.75, 3.05) is 4.90 Å². The zero-order chi connectivity index (χ0) is 32.6. The van der Waals surface area contributed by atoms with Gasteiger partial charge >= 0.3 is 0 Å². The highest BCUT2D eigenvalue weighted by atomic mass is 15.1. The predicted molar refractivity (Wildman–Crippen MR) is 197 cm³/mol. The third kappa shape index (κ3) is 3.95. The summed E-state index contributed by atoms with van der Waals surface area (Å²) in [6, 6.07) is 30.6. The number of rotatable bonds is 3. The van der Waals surface area contributed by atoms with Gasteiger partial charge in [-0.2, -0.15) is 0 Å². The summed E-state index contributed by atoms with van der Waals surface area (Å²) in [5.41, 5.74) is 15.1. The van der Waals surface area contributed by atoms with Gasteiger partial charge in [-0.3, -0.25) is 0 Å². The average molecular weight is 605 g/mol. The summed E-state index contributed by atoms with van der Waals surface area (Å²) in [6.45, 7) is 23.5. The van der Waals surface area contributed by atoms with E-state index < -0.39 is 0 Å². The molecule has 3 heterocycles. The number of nitrogens with zero attached hydrogens (tertiary/aromatic N) is 2. The fourth-order valence-electron chi connectivity index (χ4n) is 8.62. The summed E-state index contributed by atoms with van der Waals surface area (Å²) in [7, 11) is 0. The quantitative estimate of drug-likeness (QED) is 0.199. The Bertz CT molecular complexity index is 2130. The van der Waals surface area contributed by atoms with E-state index in [1.807, 2.05) is 0 Å². The zero-order valence-electron chi connectivity index (χ0n) is 29.4. The standard InChI is InChI=1S/C44H48N2/c1-41(2,3)27-17-21-29(22-18-27)45(30-23-19-28(20-24-30)42(4,5)6)31-25-33-32-13-11-14-34-38(32)46-39(33)37(26-31)44(9,10)36-16-12-15-35(40(36)46)43(34,7)8/h12-13,15-26H,11,14H2,1-10H3. The molecule has 46 heavy (non-hydrogen) atoms. The molecule has 0 radical (unpaired) electrons. The van der Waals surface area contributed by atoms with E-state index in [1.165, 1.54) is 72.0 Å². The van der Waals surface area contributed by atoms with E-state index in [0.717, 1.165) is 12.8 Å². The zero-order valence-corrected chi connectivity index (χ0v) is 29.4. The van der Waals surface area contributed by atoms with Gasteiger partial charge < -0.3 is 9.47 Å². The molecule has 5 aromatic rings. The Hall–Kier alpha value is -4.04. The Morgan fingerprint density at radius 1 is 0.630 bits per heavy atom. The lowest BCUT2D eigenvalue weighted by atomic mass is 9.68. The van der Waals surface area contributed by atoms with Crippen molar-refractivity contribution in [1.29, 1.82) is 0 Å². The molecule has 0 amide bonds. The topological polar surface area (TPSA) is 8.17 Å². The van der Waals surface area contributed by atoms with Crippen molar-refractivity contribution in [2.45, 2.75) is 104 Å². The van der Waals surface area contributed by atoms with E-state index in [-0.39, 0.29) is 21.7 Å². The molecule has 0 N–H and O–H groups in total. The fourth-order valence-corrected chi connectivity index (χ4v) is 8.62. The van der Waals surface area contributed by atoms with Gasteiger partial charge in [0.2, 0.25) is 0 Å². The molecular weight excluding hydrogens is 556 g/mol. The van der Waals surface area contributed by atoms with Gasteiger partial charge in [-0.25, -0.2) is 0 Å². The molecule has 1 aliphatic carbocycles. The van der Waals surface area contributed by atoms with Gasteiger partial charge in [0.05, 0.1) is 16.6 Å². The fraction of sp³-hybridized carbons (Fsp3) is 0.364. The maximum absolute atomic E-state index is 2.66. The molecule has 0 fully saturated rings. The number of benzene rings is 4. The Balaban J connectivity index is 1.46. The van der Waals surface area contributed by atoms with E-state index in [4.69, 9.17) is 0 Å². The van der Waals surface area contributed by atoms with Crippen molar-refractivity contribution in [3.05, 3.63) is 117 Å². The summed E-state index contributed by atoms with van der Waals surface area (Å²) in [5, 5.41) is 4.26. The molecule has 8 rings (SSSR count). The van der Waals surface area contributed by atoms with Crippen LogP contribution in [-0.2, 0) is 21.7 Å². The number of hydrogen-bond acceptors (Lipinski definition) is 1. The molecule has 234 valence electrons. The van der Waals surface area contributed by atoms with Gasteiger partial charge in [-0.05, 0) is 93.5 Å². The average Bonchev–Trinajstić information content (AvgIpc) is 3.33. The first-order valence-electron chi connectivity index (χ1n) is 17.2. The van der Waals surface area contributed by atoms with Gasteiger partial charge in [-0.1, -0.05) is 118 Å². The van der Waals surface area contributed by atoms with E-state index in [2.05, 4.69) is 164 Å². The molecular formula is C44H48N2. The molecule has 2 heteroatoms. The third-order valence-corrected chi connectivity index (χ3v) is 11.4. The minimum atomic E-state index is -0.151. The molecule has 0 saturated heterocycles. The minimum Gasteiger partial charge on any atom is -0.310 e. The normalized spacial score (nSPS) is 17.2. The van der Waals surface area contributed by atoms with Crippen LogP contribution in [0.15, 0.2) is 78.9 Å². The monoisotopic (exact) mass is 604 g/mol. The number of anilines is 3. The molecule has 1 aromatic heterocycles. The number of fused-ring (bicyclic) bond motifs is 1. The van der Waals surface area contributed by atoms with Crippen LogP contribution in [0.5, 0.6) is 0 Å². The third-order valence-electron chi connectivity index (χ3n) is 11.4. The van der Waals surface area contributed by atoms with Crippen LogP contribution >= 0.6 is 0 Å². The molecule has 0 spiro atoms. The van der Waals surface area contributed by atoms with Crippen LogP contribution in [0.4, 0.5) is 17.1 Å². The highest BCUT2D eigenvalue weighted by Gasteiger charge is 2.43. The van der Waals surface area contributed by atoms with Crippen molar-refractivity contribution in [1.82, 2.24) is 4.57 Å². The molecule has 0 atom stereocenters. The van der Waals surface area contributed by atoms with Crippen LogP contribution in [0.25, 0.3) is 28.2 Å². The number of para-hydroxylation sites is 1. The van der Waals surface area contributed by atoms with Crippen LogP contribution in [-0.4, -0.2) is 4.57 Å². The molecule has 2 nitrogen and oxygen atoms in total. The van der Waals surface area contributed by atoms with Crippen LogP contribution in [0, 0.1) is 0 Å². The van der Waals surface area contributed by atoms with E-state index in [1.54, 1.807) is 5.57 Å². The van der Waals surface area contributed by atoms with E-state index in [9.17, 15) is 0 Å². The van der Waals surface area contributed by atoms with Crippen molar-refractivity contribution in [3.8, 4) is 5.69 Å². The lowest BCUT2D eigenvalue weighted by molar-refractivity contribution is 0.590. The van der Waals surface area contributed by atoms with Crippen molar-refractivity contribution >= 4 is 39.6 Å². The van der Waals surface area contributed by atoms with Gasteiger partial charge in [0.15, 0.2) is 0 Å². The second kappa shape index (κ2) is 9.28. The van der Waals surface area contributed by atoms with Crippen LogP contribution in [0.1, 0.15) is 110 Å². The highest BCUT2D eigenvalue weighted by Crippen LogP contribution is 2.52. The van der Waals surface area contributed by atoms with Crippen LogP contribution in [0.3, 0.4) is 0 Å². The summed E-state index contributed by atoms with van der Waals surface area (Å²) in [5.74, 6) is 0. The van der Waals surface area contributed by atoms with Gasteiger partial charge in [0, 0.05) is 38.5 Å². The lowest BCUT2D eigenvalue weighted by Crippen LogP contribution is -2.45. The smallest absolute Gasteiger partial charge is 0.0583 e. The first kappa shape index (κ1) is 29.4. The first-order chi connectivity index (χ1) is 21.6. The van der Waals surface area contributed by atoms with Gasteiger partial charge in [0.1, 0.15) is 0 Å². The molecule has 0 unspecified atom stereocenters. The van der Waals surface area contributed by atoms with Crippen molar-refractivity contribution in [3.63, 3.8) is 0 Å². The number of aromatic nitrogens is 1. The van der Waals surface area contributed by atoms with E-state index >= 15 is 0 Å². The maximum Gasteiger partial charge on any atom is 0.0583 e. The SMILES string of the molecule is CC(C)(C)c1ccc(N(c2ccc(C(C)(C)C)cc2)c2cc3c4c(c2)c2c5n4-c4c(cccc4C3(C)C)C(C)(C)C=5CCC=2)cc1. The predicted octanol–water partition coefficient (Wildman–Crippen LogP) is 10.4. The Morgan fingerprint density at radius 2 is 1.17 bits per heavy atom. The lowest BCUT2D eigenvalue weighted by Gasteiger charge is -2.42. The second-order valence-corrected chi connectivity index (χ2v) is 17.1. The summed E-state index contributed by atoms with van der Waals surface area (Å²) in [4.78, 5) is 2.48. The summed E-state index contributed by atoms with van der Waals surface area (Å²) >= 11 is 0. The maximum atomic E-state index is 2.66.